The molecule has 0 spiro atoms. The molecule has 0 aliphatic rings. The molecular formula is C9H4ClF2N5. The summed E-state index contributed by atoms with van der Waals surface area (Å²) in [5, 5.41) is 12.1. The highest BCUT2D eigenvalue weighted by molar-refractivity contribution is 6.31. The van der Waals surface area contributed by atoms with Gasteiger partial charge < -0.3 is 0 Å². The molecule has 0 unspecified atom stereocenters. The fraction of sp³-hybridized carbons (Fsp3) is 0.111. The molecule has 86 valence electrons. The van der Waals surface area contributed by atoms with Gasteiger partial charge in [-0.1, -0.05) is 11.6 Å². The molecule has 5 nitrogen and oxygen atoms in total. The lowest BCUT2D eigenvalue weighted by Gasteiger charge is -1.99. The molecule has 0 radical (unpaired) electrons. The van der Waals surface area contributed by atoms with Crippen molar-refractivity contribution < 1.29 is 8.78 Å². The highest BCUT2D eigenvalue weighted by atomic mass is 35.5. The minimum atomic E-state index is -2.87. The summed E-state index contributed by atoms with van der Waals surface area (Å²) in [6.45, 7) is 0. The highest BCUT2D eigenvalue weighted by Gasteiger charge is 2.24. The minimum Gasteiger partial charge on any atom is -0.259 e. The number of nitrogens with zero attached hydrogens (tertiary/aromatic N) is 5. The van der Waals surface area contributed by atoms with E-state index in [0.29, 0.717) is 0 Å². The number of alkyl halides is 2. The zero-order chi connectivity index (χ0) is 12.4. The SMILES string of the molecule is N#Cc1c(C(F)F)nn(-c2cnccn2)c1Cl. The topological polar surface area (TPSA) is 67.4 Å². The Balaban J connectivity index is 2.62. The number of nitriles is 1. The largest absolute Gasteiger partial charge is 0.283 e. The lowest BCUT2D eigenvalue weighted by molar-refractivity contribution is 0.145. The Hall–Kier alpha value is -2.07. The van der Waals surface area contributed by atoms with Crippen LogP contribution in [0.25, 0.3) is 5.82 Å². The van der Waals surface area contributed by atoms with Gasteiger partial charge in [0.25, 0.3) is 6.43 Å². The summed E-state index contributed by atoms with van der Waals surface area (Å²) in [6.07, 6.45) is 1.21. The summed E-state index contributed by atoms with van der Waals surface area (Å²) < 4.78 is 26.2. The van der Waals surface area contributed by atoms with Crippen LogP contribution < -0.4 is 0 Å². The van der Waals surface area contributed by atoms with Crippen LogP contribution >= 0.6 is 11.6 Å². The van der Waals surface area contributed by atoms with Gasteiger partial charge in [0.15, 0.2) is 11.0 Å². The van der Waals surface area contributed by atoms with Crippen molar-refractivity contribution in [2.75, 3.05) is 0 Å². The summed E-state index contributed by atoms with van der Waals surface area (Å²) in [7, 11) is 0. The standard InChI is InChI=1S/C9H4ClF2N5/c10-8-5(3-13)7(9(11)12)16-17(8)6-4-14-1-2-15-6/h1-2,4,9H. The molecule has 2 aromatic rings. The van der Waals surface area contributed by atoms with E-state index in [2.05, 4.69) is 15.1 Å². The van der Waals surface area contributed by atoms with Crippen molar-refractivity contribution in [2.24, 2.45) is 0 Å². The number of aromatic nitrogens is 4. The van der Waals surface area contributed by atoms with E-state index in [1.807, 2.05) is 0 Å². The van der Waals surface area contributed by atoms with Crippen molar-refractivity contribution in [1.82, 2.24) is 19.7 Å². The van der Waals surface area contributed by atoms with Crippen molar-refractivity contribution in [3.8, 4) is 11.9 Å². The van der Waals surface area contributed by atoms with Crippen LogP contribution in [-0.4, -0.2) is 19.7 Å². The molecule has 0 N–H and O–H groups in total. The molecule has 17 heavy (non-hydrogen) atoms. The smallest absolute Gasteiger partial charge is 0.259 e. The zero-order valence-corrected chi connectivity index (χ0v) is 8.94. The molecular weight excluding hydrogens is 252 g/mol. The fourth-order valence-electron chi connectivity index (χ4n) is 1.22. The van der Waals surface area contributed by atoms with Crippen molar-refractivity contribution in [1.29, 1.82) is 5.26 Å². The average Bonchev–Trinajstić information content (AvgIpc) is 2.67. The van der Waals surface area contributed by atoms with E-state index >= 15 is 0 Å². The molecule has 2 heterocycles. The van der Waals surface area contributed by atoms with Crippen molar-refractivity contribution in [2.45, 2.75) is 6.43 Å². The van der Waals surface area contributed by atoms with Crippen molar-refractivity contribution in [3.63, 3.8) is 0 Å². The first-order chi connectivity index (χ1) is 8.15. The Morgan fingerprint density at radius 3 is 2.65 bits per heavy atom. The van der Waals surface area contributed by atoms with E-state index in [0.717, 1.165) is 4.68 Å². The first-order valence-electron chi connectivity index (χ1n) is 4.38. The Bertz CT molecular complexity index is 575. The maximum Gasteiger partial charge on any atom is 0.283 e. The van der Waals surface area contributed by atoms with Crippen LogP contribution in [0.4, 0.5) is 8.78 Å². The van der Waals surface area contributed by atoms with Gasteiger partial charge in [0.2, 0.25) is 0 Å². The van der Waals surface area contributed by atoms with Crippen molar-refractivity contribution >= 4 is 11.6 Å². The number of hydrogen-bond acceptors (Lipinski definition) is 4. The van der Waals surface area contributed by atoms with E-state index in [1.54, 1.807) is 6.07 Å². The lowest BCUT2D eigenvalue weighted by Crippen LogP contribution is -2.00. The fourth-order valence-corrected chi connectivity index (χ4v) is 1.49. The summed E-state index contributed by atoms with van der Waals surface area (Å²) in [6, 6.07) is 1.59. The van der Waals surface area contributed by atoms with E-state index in [-0.39, 0.29) is 16.5 Å². The van der Waals surface area contributed by atoms with Crippen LogP contribution in [0.2, 0.25) is 5.15 Å². The molecule has 0 aliphatic heterocycles. The summed E-state index contributed by atoms with van der Waals surface area (Å²) in [5.41, 5.74) is -1.02. The van der Waals surface area contributed by atoms with Crippen LogP contribution in [-0.2, 0) is 0 Å². The maximum absolute atomic E-state index is 12.6. The van der Waals surface area contributed by atoms with E-state index < -0.39 is 12.1 Å². The molecule has 0 saturated carbocycles. The molecule has 0 fully saturated rings. The summed E-state index contributed by atoms with van der Waals surface area (Å²) in [4.78, 5) is 7.62. The van der Waals surface area contributed by atoms with Crippen LogP contribution in [0.1, 0.15) is 17.7 Å². The van der Waals surface area contributed by atoms with Crippen LogP contribution in [0.3, 0.4) is 0 Å². The maximum atomic E-state index is 12.6. The first kappa shape index (κ1) is 11.4. The van der Waals surface area contributed by atoms with Gasteiger partial charge in [0.05, 0.1) is 6.20 Å². The quantitative estimate of drug-likeness (QED) is 0.824. The highest BCUT2D eigenvalue weighted by Crippen LogP contribution is 2.28. The van der Waals surface area contributed by atoms with Crippen LogP contribution in [0.15, 0.2) is 18.6 Å². The predicted octanol–water partition coefficient (Wildman–Crippen LogP) is 2.12. The molecule has 0 amide bonds. The van der Waals surface area contributed by atoms with E-state index in [1.165, 1.54) is 18.6 Å². The van der Waals surface area contributed by atoms with Gasteiger partial charge >= 0.3 is 0 Å². The van der Waals surface area contributed by atoms with Gasteiger partial charge in [0, 0.05) is 12.4 Å². The Kier molecular flexibility index (Phi) is 2.97. The third kappa shape index (κ3) is 1.94. The van der Waals surface area contributed by atoms with Gasteiger partial charge in [-0.25, -0.2) is 18.4 Å². The normalized spacial score (nSPS) is 10.5. The Morgan fingerprint density at radius 1 is 1.41 bits per heavy atom. The number of hydrogen-bond donors (Lipinski definition) is 0. The monoisotopic (exact) mass is 255 g/mol. The molecule has 8 heteroatoms. The van der Waals surface area contributed by atoms with Crippen LogP contribution in [0, 0.1) is 11.3 Å². The third-order valence-electron chi connectivity index (χ3n) is 1.94. The first-order valence-corrected chi connectivity index (χ1v) is 4.76. The number of rotatable bonds is 2. The average molecular weight is 256 g/mol. The molecule has 2 aromatic heterocycles. The Morgan fingerprint density at radius 2 is 2.18 bits per heavy atom. The summed E-state index contributed by atoms with van der Waals surface area (Å²) in [5.74, 6) is 0.168. The second-order valence-electron chi connectivity index (χ2n) is 2.94. The molecule has 2 rings (SSSR count). The van der Waals surface area contributed by atoms with Gasteiger partial charge in [-0.15, -0.1) is 0 Å². The summed E-state index contributed by atoms with van der Waals surface area (Å²) >= 11 is 5.79. The van der Waals surface area contributed by atoms with E-state index in [9.17, 15) is 8.78 Å². The number of halogens is 3. The molecule has 0 aromatic carbocycles. The molecule has 0 atom stereocenters. The van der Waals surface area contributed by atoms with E-state index in [4.69, 9.17) is 16.9 Å². The second-order valence-corrected chi connectivity index (χ2v) is 3.30. The van der Waals surface area contributed by atoms with Gasteiger partial charge in [-0.05, 0) is 0 Å². The molecule has 0 bridgehead atoms. The zero-order valence-electron chi connectivity index (χ0n) is 8.18. The lowest BCUT2D eigenvalue weighted by atomic mass is 10.3. The van der Waals surface area contributed by atoms with Crippen LogP contribution in [0.5, 0.6) is 0 Å². The Labute approximate surface area is 99.3 Å². The van der Waals surface area contributed by atoms with Crippen molar-refractivity contribution in [3.05, 3.63) is 35.0 Å². The van der Waals surface area contributed by atoms with Gasteiger partial charge in [0.1, 0.15) is 17.3 Å². The van der Waals surface area contributed by atoms with Gasteiger partial charge in [-0.2, -0.15) is 10.4 Å². The molecule has 0 aliphatic carbocycles. The third-order valence-corrected chi connectivity index (χ3v) is 2.29. The second kappa shape index (κ2) is 4.43. The minimum absolute atomic E-state index is 0.168. The molecule has 0 saturated heterocycles. The predicted molar refractivity (Wildman–Crippen MR) is 53.8 cm³/mol. The van der Waals surface area contributed by atoms with Gasteiger partial charge in [-0.3, -0.25) is 4.98 Å².